The number of benzene rings is 2. The van der Waals surface area contributed by atoms with Gasteiger partial charge in [0.2, 0.25) is 17.7 Å². The van der Waals surface area contributed by atoms with Crippen molar-refractivity contribution in [3.8, 4) is 23.2 Å². The van der Waals surface area contributed by atoms with Gasteiger partial charge in [-0.25, -0.2) is 0 Å². The second-order valence-corrected chi connectivity index (χ2v) is 6.91. The number of aromatic nitrogens is 2. The number of amides is 1. The summed E-state index contributed by atoms with van der Waals surface area (Å²) in [5.74, 6) is -0.127. The first-order valence-electron chi connectivity index (χ1n) is 9.28. The predicted octanol–water partition coefficient (Wildman–Crippen LogP) is 2.82. The molecule has 0 bridgehead atoms. The summed E-state index contributed by atoms with van der Waals surface area (Å²) in [6.45, 7) is 2.37. The zero-order valence-electron chi connectivity index (χ0n) is 15.6. The van der Waals surface area contributed by atoms with Crippen molar-refractivity contribution in [2.24, 2.45) is 5.73 Å². The molecule has 2 aromatic carbocycles. The molecule has 3 aromatic rings. The maximum atomic E-state index is 13.9. The molecule has 1 atom stereocenters. The second kappa shape index (κ2) is 5.97. The Morgan fingerprint density at radius 3 is 2.66 bits per heavy atom. The summed E-state index contributed by atoms with van der Waals surface area (Å²) in [6, 6.07) is 19.2. The molecular formula is C22H17N5O2. The first kappa shape index (κ1) is 17.1. The largest absolute Gasteiger partial charge is 0.420 e. The van der Waals surface area contributed by atoms with Crippen LogP contribution < -0.4 is 15.4 Å². The van der Waals surface area contributed by atoms with Gasteiger partial charge in [0, 0.05) is 23.4 Å². The van der Waals surface area contributed by atoms with Crippen LogP contribution in [0.5, 0.6) is 5.88 Å². The van der Waals surface area contributed by atoms with Crippen molar-refractivity contribution in [2.75, 3.05) is 11.4 Å². The third-order valence-corrected chi connectivity index (χ3v) is 5.59. The maximum absolute atomic E-state index is 13.9. The van der Waals surface area contributed by atoms with E-state index >= 15 is 0 Å². The number of hydrogen-bond donors (Lipinski definition) is 2. The maximum Gasteiger partial charge on any atom is 0.247 e. The Labute approximate surface area is 167 Å². The van der Waals surface area contributed by atoms with E-state index < -0.39 is 5.41 Å². The quantitative estimate of drug-likeness (QED) is 0.707. The number of nitrogens with zero attached hydrogens (tertiary/aromatic N) is 3. The highest BCUT2D eigenvalue weighted by atomic mass is 16.5. The van der Waals surface area contributed by atoms with Gasteiger partial charge >= 0.3 is 0 Å². The molecule has 1 aromatic heterocycles. The van der Waals surface area contributed by atoms with Gasteiger partial charge in [0.15, 0.2) is 0 Å². The minimum Gasteiger partial charge on any atom is -0.420 e. The van der Waals surface area contributed by atoms with E-state index in [4.69, 9.17) is 10.5 Å². The lowest BCUT2D eigenvalue weighted by atomic mass is 9.68. The number of nitrogens with one attached hydrogen (secondary N) is 1. The number of likely N-dealkylation sites (N-methyl/N-ethyl adjacent to an activating group) is 1. The van der Waals surface area contributed by atoms with Gasteiger partial charge in [0.1, 0.15) is 17.1 Å². The van der Waals surface area contributed by atoms with E-state index in [9.17, 15) is 10.1 Å². The Kier molecular flexibility index (Phi) is 3.52. The Balaban J connectivity index is 1.93. The Morgan fingerprint density at radius 2 is 1.93 bits per heavy atom. The van der Waals surface area contributed by atoms with Crippen molar-refractivity contribution in [1.82, 2.24) is 10.2 Å². The molecule has 0 radical (unpaired) electrons. The number of nitrogens with two attached hydrogens (primary N) is 1. The van der Waals surface area contributed by atoms with Gasteiger partial charge < -0.3 is 15.4 Å². The summed E-state index contributed by atoms with van der Waals surface area (Å²) in [7, 11) is 0. The number of carbonyl (C=O) groups is 1. The van der Waals surface area contributed by atoms with Crippen LogP contribution in [0.4, 0.5) is 5.69 Å². The molecule has 0 saturated heterocycles. The third kappa shape index (κ3) is 2.00. The van der Waals surface area contributed by atoms with Crippen LogP contribution >= 0.6 is 0 Å². The fraction of sp³-hybridized carbons (Fsp3) is 0.136. The zero-order chi connectivity index (χ0) is 20.2. The van der Waals surface area contributed by atoms with Gasteiger partial charge in [-0.2, -0.15) is 5.26 Å². The number of rotatable bonds is 2. The van der Waals surface area contributed by atoms with Gasteiger partial charge in [-0.15, -0.1) is 5.10 Å². The highest BCUT2D eigenvalue weighted by Crippen LogP contribution is 2.56. The van der Waals surface area contributed by atoms with Gasteiger partial charge in [-0.1, -0.05) is 48.5 Å². The molecular weight excluding hydrogens is 366 g/mol. The van der Waals surface area contributed by atoms with Crippen LogP contribution in [-0.4, -0.2) is 22.6 Å². The lowest BCUT2D eigenvalue weighted by Crippen LogP contribution is -2.45. The SMILES string of the molecule is CCN1C(=O)[C@@]2(C(C#N)=C(N)Oc3n[nH]c(-c4ccccc4)c32)c2ccccc21. The molecule has 2 aliphatic rings. The van der Waals surface area contributed by atoms with E-state index in [2.05, 4.69) is 16.3 Å². The summed E-state index contributed by atoms with van der Waals surface area (Å²) < 4.78 is 5.68. The molecule has 29 heavy (non-hydrogen) atoms. The van der Waals surface area contributed by atoms with Crippen LogP contribution in [0.1, 0.15) is 18.1 Å². The van der Waals surface area contributed by atoms with E-state index in [1.807, 2.05) is 61.5 Å². The van der Waals surface area contributed by atoms with Gasteiger partial charge in [-0.05, 0) is 13.0 Å². The summed E-state index contributed by atoms with van der Waals surface area (Å²) in [5, 5.41) is 17.3. The zero-order valence-corrected chi connectivity index (χ0v) is 15.6. The van der Waals surface area contributed by atoms with Crippen molar-refractivity contribution < 1.29 is 9.53 Å². The molecule has 0 aliphatic carbocycles. The molecule has 7 nitrogen and oxygen atoms in total. The van der Waals surface area contributed by atoms with Crippen LogP contribution in [0.15, 0.2) is 66.1 Å². The summed E-state index contributed by atoms with van der Waals surface area (Å²) >= 11 is 0. The number of H-pyrrole nitrogens is 1. The molecule has 2 aliphatic heterocycles. The molecule has 1 amide bonds. The first-order chi connectivity index (χ1) is 14.1. The Hall–Kier alpha value is -4.05. The van der Waals surface area contributed by atoms with Crippen molar-refractivity contribution in [3.05, 3.63) is 77.2 Å². The van der Waals surface area contributed by atoms with E-state index in [1.165, 1.54) is 0 Å². The molecule has 7 heteroatoms. The number of nitriles is 1. The molecule has 5 rings (SSSR count). The normalized spacial score (nSPS) is 19.7. The lowest BCUT2D eigenvalue weighted by Gasteiger charge is -2.32. The van der Waals surface area contributed by atoms with Crippen molar-refractivity contribution in [1.29, 1.82) is 5.26 Å². The monoisotopic (exact) mass is 383 g/mol. The number of ether oxygens (including phenoxy) is 1. The van der Waals surface area contributed by atoms with Crippen molar-refractivity contribution >= 4 is 11.6 Å². The summed E-state index contributed by atoms with van der Waals surface area (Å²) in [6.07, 6.45) is 0. The van der Waals surface area contributed by atoms with Crippen LogP contribution in [0.2, 0.25) is 0 Å². The van der Waals surface area contributed by atoms with Gasteiger partial charge in [0.25, 0.3) is 0 Å². The Morgan fingerprint density at radius 1 is 1.21 bits per heavy atom. The minimum atomic E-state index is -1.41. The van der Waals surface area contributed by atoms with Crippen molar-refractivity contribution in [3.63, 3.8) is 0 Å². The Bertz CT molecular complexity index is 1220. The van der Waals surface area contributed by atoms with Crippen LogP contribution in [0.3, 0.4) is 0 Å². The number of hydrogen-bond acceptors (Lipinski definition) is 5. The molecule has 1 spiro atoms. The van der Waals surface area contributed by atoms with E-state index in [0.29, 0.717) is 23.4 Å². The fourth-order valence-corrected chi connectivity index (χ4v) is 4.42. The highest BCUT2D eigenvalue weighted by Gasteiger charge is 2.60. The summed E-state index contributed by atoms with van der Waals surface area (Å²) in [4.78, 5) is 15.6. The molecule has 0 unspecified atom stereocenters. The van der Waals surface area contributed by atoms with Crippen molar-refractivity contribution in [2.45, 2.75) is 12.3 Å². The molecule has 142 valence electrons. The van der Waals surface area contributed by atoms with Gasteiger partial charge in [-0.3, -0.25) is 9.89 Å². The average molecular weight is 383 g/mol. The molecule has 3 heterocycles. The van der Waals surface area contributed by atoms with E-state index in [-0.39, 0.29) is 23.2 Å². The van der Waals surface area contributed by atoms with Crippen LogP contribution in [0.25, 0.3) is 11.3 Å². The number of anilines is 1. The minimum absolute atomic E-state index is 0.0805. The predicted molar refractivity (Wildman–Crippen MR) is 107 cm³/mol. The van der Waals surface area contributed by atoms with E-state index in [0.717, 1.165) is 11.3 Å². The number of carbonyl (C=O) groups excluding carboxylic acids is 1. The number of aromatic amines is 1. The number of para-hydroxylation sites is 1. The highest BCUT2D eigenvalue weighted by molar-refractivity contribution is 6.15. The average Bonchev–Trinajstić information content (AvgIpc) is 3.27. The molecule has 0 fully saturated rings. The topological polar surface area (TPSA) is 108 Å². The van der Waals surface area contributed by atoms with Crippen LogP contribution in [-0.2, 0) is 10.2 Å². The first-order valence-corrected chi connectivity index (χ1v) is 9.28. The molecule has 3 N–H and O–H groups in total. The smallest absolute Gasteiger partial charge is 0.247 e. The number of fused-ring (bicyclic) bond motifs is 4. The van der Waals surface area contributed by atoms with Crippen LogP contribution in [0, 0.1) is 11.3 Å². The standard InChI is InChI=1S/C22H17N5O2/c1-2-27-16-11-7-6-10-14(16)22(21(27)28)15(12-23)19(24)29-20-17(22)18(25-26-20)13-8-4-3-5-9-13/h3-11H,2,24H2,1H3,(H,25,26)/t22-/m1/s1. The summed E-state index contributed by atoms with van der Waals surface area (Å²) in [5.41, 5.74) is 8.24. The fourth-order valence-electron chi connectivity index (χ4n) is 4.42. The third-order valence-electron chi connectivity index (χ3n) is 5.59. The van der Waals surface area contributed by atoms with Gasteiger partial charge in [0.05, 0.1) is 11.3 Å². The second-order valence-electron chi connectivity index (χ2n) is 6.91. The molecule has 0 saturated carbocycles. The van der Waals surface area contributed by atoms with E-state index in [1.54, 1.807) is 4.90 Å². The lowest BCUT2D eigenvalue weighted by molar-refractivity contribution is -0.120.